The van der Waals surface area contributed by atoms with Crippen LogP contribution in [-0.2, 0) is 9.53 Å². The van der Waals surface area contributed by atoms with E-state index in [4.69, 9.17) is 10.00 Å². The molecule has 148 valence electrons. The summed E-state index contributed by atoms with van der Waals surface area (Å²) >= 11 is 0. The summed E-state index contributed by atoms with van der Waals surface area (Å²) in [6, 6.07) is 7.57. The third kappa shape index (κ3) is 4.02. The molecular formula is C20H21N7O2. The molecule has 1 aliphatic heterocycles. The van der Waals surface area contributed by atoms with Crippen LogP contribution in [0.2, 0.25) is 0 Å². The van der Waals surface area contributed by atoms with Gasteiger partial charge in [0, 0.05) is 38.6 Å². The predicted octanol–water partition coefficient (Wildman–Crippen LogP) is 1.71. The van der Waals surface area contributed by atoms with Crippen molar-refractivity contribution >= 4 is 17.4 Å². The Kier molecular flexibility index (Phi) is 5.35. The fourth-order valence-electron chi connectivity index (χ4n) is 3.52. The van der Waals surface area contributed by atoms with Gasteiger partial charge in [0.25, 0.3) is 0 Å². The lowest BCUT2D eigenvalue weighted by atomic mass is 10.1. The third-order valence-electron chi connectivity index (χ3n) is 4.91. The maximum Gasteiger partial charge on any atom is 0.248 e. The Bertz CT molecular complexity index is 1070. The fourth-order valence-corrected chi connectivity index (χ4v) is 3.52. The van der Waals surface area contributed by atoms with Crippen molar-refractivity contribution in [2.24, 2.45) is 0 Å². The Balaban J connectivity index is 1.54. The predicted molar refractivity (Wildman–Crippen MR) is 106 cm³/mol. The van der Waals surface area contributed by atoms with Gasteiger partial charge in [-0.3, -0.25) is 9.20 Å². The zero-order valence-corrected chi connectivity index (χ0v) is 16.1. The first kappa shape index (κ1) is 18.8. The molecule has 1 atom stereocenters. The molecule has 3 aromatic rings. The van der Waals surface area contributed by atoms with Crippen LogP contribution in [-0.4, -0.2) is 63.0 Å². The van der Waals surface area contributed by atoms with E-state index in [-0.39, 0.29) is 18.6 Å². The molecule has 1 fully saturated rings. The van der Waals surface area contributed by atoms with Gasteiger partial charge in [-0.05, 0) is 31.0 Å². The number of amides is 1. The van der Waals surface area contributed by atoms with E-state index in [1.807, 2.05) is 15.4 Å². The first-order chi connectivity index (χ1) is 14.2. The molecule has 9 nitrogen and oxygen atoms in total. The first-order valence-corrected chi connectivity index (χ1v) is 9.42. The van der Waals surface area contributed by atoms with Crippen LogP contribution in [0.3, 0.4) is 0 Å². The van der Waals surface area contributed by atoms with Gasteiger partial charge < -0.3 is 15.0 Å². The molecule has 1 amide bonds. The van der Waals surface area contributed by atoms with Gasteiger partial charge in [0.05, 0.1) is 11.8 Å². The fraction of sp³-hybridized carbons (Fsp3) is 0.350. The van der Waals surface area contributed by atoms with E-state index in [2.05, 4.69) is 26.3 Å². The molecule has 0 spiro atoms. The number of nitriles is 1. The second-order valence-corrected chi connectivity index (χ2v) is 6.92. The summed E-state index contributed by atoms with van der Waals surface area (Å²) in [6.07, 6.45) is 6.99. The molecule has 4 heterocycles. The second kappa shape index (κ2) is 8.24. The number of carbonyl (C=O) groups is 1. The molecule has 0 bridgehead atoms. The number of piperidine rings is 1. The van der Waals surface area contributed by atoms with Crippen molar-refractivity contribution in [2.75, 3.05) is 32.1 Å². The number of methoxy groups -OCH3 is 1. The molecule has 9 heteroatoms. The molecule has 3 aromatic heterocycles. The highest BCUT2D eigenvalue weighted by atomic mass is 16.5. The maximum absolute atomic E-state index is 12.1. The number of aromatic nitrogens is 4. The van der Waals surface area contributed by atoms with E-state index < -0.39 is 0 Å². The normalized spacial score (nSPS) is 16.6. The number of nitrogens with zero attached hydrogens (tertiary/aromatic N) is 6. The maximum atomic E-state index is 12.1. The molecule has 1 N–H and O–H groups in total. The number of rotatable bonds is 5. The quantitative estimate of drug-likeness (QED) is 0.705. The van der Waals surface area contributed by atoms with Crippen molar-refractivity contribution in [2.45, 2.75) is 18.9 Å². The van der Waals surface area contributed by atoms with Crippen LogP contribution in [0.25, 0.3) is 17.2 Å². The zero-order valence-electron chi connectivity index (χ0n) is 16.1. The van der Waals surface area contributed by atoms with Crippen LogP contribution in [0.1, 0.15) is 18.4 Å². The molecule has 1 aliphatic rings. The summed E-state index contributed by atoms with van der Waals surface area (Å²) in [6.45, 7) is 1.46. The van der Waals surface area contributed by atoms with Gasteiger partial charge >= 0.3 is 0 Å². The van der Waals surface area contributed by atoms with Gasteiger partial charge in [-0.2, -0.15) is 5.26 Å². The van der Waals surface area contributed by atoms with Crippen LogP contribution in [0, 0.1) is 11.3 Å². The van der Waals surface area contributed by atoms with Crippen LogP contribution in [0.5, 0.6) is 0 Å². The number of pyridine rings is 1. The molecule has 29 heavy (non-hydrogen) atoms. The molecule has 0 saturated carbocycles. The summed E-state index contributed by atoms with van der Waals surface area (Å²) in [5, 5.41) is 12.6. The average molecular weight is 391 g/mol. The topological polar surface area (TPSA) is 108 Å². The van der Waals surface area contributed by atoms with Crippen LogP contribution in [0.4, 0.5) is 5.82 Å². The first-order valence-electron chi connectivity index (χ1n) is 9.42. The van der Waals surface area contributed by atoms with E-state index in [1.54, 1.807) is 30.7 Å². The Labute approximate surface area is 168 Å². The minimum atomic E-state index is 0.00130. The van der Waals surface area contributed by atoms with Gasteiger partial charge in [0.15, 0.2) is 5.82 Å². The van der Waals surface area contributed by atoms with E-state index in [0.717, 1.165) is 25.0 Å². The average Bonchev–Trinajstić information content (AvgIpc) is 3.17. The number of hydrogen-bond donors (Lipinski definition) is 1. The summed E-state index contributed by atoms with van der Waals surface area (Å²) < 4.78 is 6.77. The number of anilines is 1. The molecule has 0 aliphatic carbocycles. The van der Waals surface area contributed by atoms with Crippen molar-refractivity contribution in [3.8, 4) is 17.6 Å². The largest absolute Gasteiger partial charge is 0.375 e. The highest BCUT2D eigenvalue weighted by molar-refractivity contribution is 5.77. The number of carbonyl (C=O) groups excluding carboxylic acids is 1. The Hall–Kier alpha value is -3.51. The van der Waals surface area contributed by atoms with E-state index in [1.165, 1.54) is 7.11 Å². The van der Waals surface area contributed by atoms with Crippen molar-refractivity contribution in [1.29, 1.82) is 5.26 Å². The number of ether oxygens (including phenoxy) is 1. The summed E-state index contributed by atoms with van der Waals surface area (Å²) in [4.78, 5) is 27.3. The lowest BCUT2D eigenvalue weighted by Crippen LogP contribution is -2.46. The molecular weight excluding hydrogens is 370 g/mol. The highest BCUT2D eigenvalue weighted by Crippen LogP contribution is 2.20. The van der Waals surface area contributed by atoms with Gasteiger partial charge in [-0.1, -0.05) is 0 Å². The Morgan fingerprint density at radius 1 is 1.38 bits per heavy atom. The standard InChI is InChI=1S/C20H21N7O2/c1-29-13-19(28)26-8-2-3-15(12-26)24-17-6-7-22-20(25-17)16-10-23-18-5-4-14(9-21)11-27(16)18/h4-7,10-11,15H,2-3,8,12-13H2,1H3,(H,22,24,25). The molecule has 4 rings (SSSR count). The minimum absolute atomic E-state index is 0.00130. The second-order valence-electron chi connectivity index (χ2n) is 6.92. The number of imidazole rings is 1. The lowest BCUT2D eigenvalue weighted by Gasteiger charge is -2.33. The van der Waals surface area contributed by atoms with Crippen LogP contribution in [0.15, 0.2) is 36.8 Å². The number of likely N-dealkylation sites (tertiary alicyclic amines) is 1. The third-order valence-corrected chi connectivity index (χ3v) is 4.91. The van der Waals surface area contributed by atoms with Gasteiger partial charge in [0.2, 0.25) is 5.91 Å². The Morgan fingerprint density at radius 2 is 2.28 bits per heavy atom. The van der Waals surface area contributed by atoms with Crippen molar-refractivity contribution in [1.82, 2.24) is 24.3 Å². The smallest absolute Gasteiger partial charge is 0.248 e. The van der Waals surface area contributed by atoms with E-state index in [9.17, 15) is 4.79 Å². The van der Waals surface area contributed by atoms with E-state index >= 15 is 0 Å². The monoisotopic (exact) mass is 391 g/mol. The van der Waals surface area contributed by atoms with Crippen LogP contribution < -0.4 is 5.32 Å². The van der Waals surface area contributed by atoms with Gasteiger partial charge in [-0.25, -0.2) is 15.0 Å². The number of hydrogen-bond acceptors (Lipinski definition) is 7. The van der Waals surface area contributed by atoms with Crippen molar-refractivity contribution < 1.29 is 9.53 Å². The van der Waals surface area contributed by atoms with Gasteiger partial charge in [0.1, 0.15) is 29.8 Å². The molecule has 1 unspecified atom stereocenters. The SMILES string of the molecule is COCC(=O)N1CCCC(Nc2ccnc(-c3cnc4ccc(C#N)cn34)n2)C1. The Morgan fingerprint density at radius 3 is 3.10 bits per heavy atom. The van der Waals surface area contributed by atoms with Crippen LogP contribution >= 0.6 is 0 Å². The van der Waals surface area contributed by atoms with Crippen molar-refractivity contribution in [3.05, 3.63) is 42.4 Å². The molecule has 0 aromatic carbocycles. The van der Waals surface area contributed by atoms with E-state index in [0.29, 0.717) is 29.4 Å². The molecule has 0 radical (unpaired) electrons. The number of nitrogens with one attached hydrogen (secondary N) is 1. The highest BCUT2D eigenvalue weighted by Gasteiger charge is 2.23. The summed E-state index contributed by atoms with van der Waals surface area (Å²) in [7, 11) is 1.53. The summed E-state index contributed by atoms with van der Waals surface area (Å²) in [5.41, 5.74) is 1.97. The summed E-state index contributed by atoms with van der Waals surface area (Å²) in [5.74, 6) is 1.20. The molecule has 1 saturated heterocycles. The zero-order chi connectivity index (χ0) is 20.2. The number of fused-ring (bicyclic) bond motifs is 1. The lowest BCUT2D eigenvalue weighted by molar-refractivity contribution is -0.136. The minimum Gasteiger partial charge on any atom is -0.375 e. The van der Waals surface area contributed by atoms with Gasteiger partial charge in [-0.15, -0.1) is 0 Å². The van der Waals surface area contributed by atoms with Crippen molar-refractivity contribution in [3.63, 3.8) is 0 Å².